The standard InChI is InChI=1S/C38H49F2N3O3/c1-5-8-9-10-12-28-13-11-14-29(19-28)25-42-26-36(35(41)22-30-20-33(39)24-34(40)21-30)46-38(45)32-18-27(4)17-31(23-32)37(44)43(15-6-2)16-7-3/h10-14,17-21,23-24,35-36,42H,5-9,15-16,22,25-26,41H2,1-4H3. The number of nitrogens with zero attached hydrogens (tertiary/aromatic N) is 1. The molecule has 0 bridgehead atoms. The molecule has 0 aliphatic heterocycles. The van der Waals surface area contributed by atoms with Crippen molar-refractivity contribution >= 4 is 18.0 Å². The lowest BCUT2D eigenvalue weighted by atomic mass is 10.0. The zero-order valence-corrected chi connectivity index (χ0v) is 27.7. The molecule has 3 aromatic rings. The summed E-state index contributed by atoms with van der Waals surface area (Å²) in [6, 6.07) is 15.7. The fourth-order valence-electron chi connectivity index (χ4n) is 5.39. The Morgan fingerprint density at radius 2 is 1.61 bits per heavy atom. The van der Waals surface area contributed by atoms with Crippen molar-refractivity contribution in [3.05, 3.63) is 112 Å². The highest BCUT2D eigenvalue weighted by Gasteiger charge is 2.25. The van der Waals surface area contributed by atoms with Crippen LogP contribution < -0.4 is 11.1 Å². The van der Waals surface area contributed by atoms with Gasteiger partial charge in [0.1, 0.15) is 17.7 Å². The summed E-state index contributed by atoms with van der Waals surface area (Å²) >= 11 is 0. The summed E-state index contributed by atoms with van der Waals surface area (Å²) in [5.41, 5.74) is 10.5. The third kappa shape index (κ3) is 11.8. The van der Waals surface area contributed by atoms with Crippen LogP contribution in [0.15, 0.2) is 66.7 Å². The van der Waals surface area contributed by atoms with Crippen LogP contribution >= 0.6 is 0 Å². The number of nitrogens with two attached hydrogens (primary N) is 1. The van der Waals surface area contributed by atoms with Crippen molar-refractivity contribution in [1.82, 2.24) is 10.2 Å². The van der Waals surface area contributed by atoms with Crippen molar-refractivity contribution < 1.29 is 23.1 Å². The van der Waals surface area contributed by atoms with Gasteiger partial charge in [-0.25, -0.2) is 13.6 Å². The number of hydrogen-bond acceptors (Lipinski definition) is 5. The average Bonchev–Trinajstić information content (AvgIpc) is 3.01. The molecule has 8 heteroatoms. The fourth-order valence-corrected chi connectivity index (χ4v) is 5.39. The molecule has 2 unspecified atom stereocenters. The van der Waals surface area contributed by atoms with Crippen LogP contribution in [-0.4, -0.2) is 48.6 Å². The molecule has 0 saturated heterocycles. The molecule has 0 aliphatic rings. The van der Waals surface area contributed by atoms with Crippen LogP contribution in [0.1, 0.15) is 95.8 Å². The van der Waals surface area contributed by atoms with E-state index < -0.39 is 29.7 Å². The number of carbonyl (C=O) groups excluding carboxylic acids is 2. The second-order valence-corrected chi connectivity index (χ2v) is 11.9. The number of aryl methyl sites for hydroxylation is 1. The smallest absolute Gasteiger partial charge is 0.338 e. The summed E-state index contributed by atoms with van der Waals surface area (Å²) in [6.45, 7) is 10.00. The van der Waals surface area contributed by atoms with Crippen molar-refractivity contribution in [3.63, 3.8) is 0 Å². The van der Waals surface area contributed by atoms with Crippen molar-refractivity contribution in [3.8, 4) is 0 Å². The molecular formula is C38H49F2N3O3. The number of unbranched alkanes of at least 4 members (excludes halogenated alkanes) is 2. The maximum Gasteiger partial charge on any atom is 0.338 e. The number of carbonyl (C=O) groups is 2. The van der Waals surface area contributed by atoms with E-state index in [4.69, 9.17) is 10.5 Å². The lowest BCUT2D eigenvalue weighted by Gasteiger charge is -2.25. The van der Waals surface area contributed by atoms with Crippen molar-refractivity contribution in [1.29, 1.82) is 0 Å². The van der Waals surface area contributed by atoms with E-state index in [0.29, 0.717) is 30.8 Å². The van der Waals surface area contributed by atoms with Crippen molar-refractivity contribution in [2.24, 2.45) is 5.73 Å². The van der Waals surface area contributed by atoms with E-state index >= 15 is 0 Å². The van der Waals surface area contributed by atoms with E-state index in [2.05, 4.69) is 36.5 Å². The largest absolute Gasteiger partial charge is 0.456 e. The predicted octanol–water partition coefficient (Wildman–Crippen LogP) is 7.62. The number of halogens is 2. The number of allylic oxidation sites excluding steroid dienone is 1. The average molecular weight is 634 g/mol. The van der Waals surface area contributed by atoms with E-state index in [0.717, 1.165) is 54.9 Å². The summed E-state index contributed by atoms with van der Waals surface area (Å²) < 4.78 is 33.8. The summed E-state index contributed by atoms with van der Waals surface area (Å²) in [6.07, 6.45) is 8.54. The minimum absolute atomic E-state index is 0.0902. The summed E-state index contributed by atoms with van der Waals surface area (Å²) in [5.74, 6) is -2.15. The summed E-state index contributed by atoms with van der Waals surface area (Å²) in [7, 11) is 0. The first-order valence-electron chi connectivity index (χ1n) is 16.4. The van der Waals surface area contributed by atoms with Crippen LogP contribution in [-0.2, 0) is 17.7 Å². The first-order chi connectivity index (χ1) is 22.1. The van der Waals surface area contributed by atoms with E-state index in [1.165, 1.54) is 12.1 Å². The molecule has 0 heterocycles. The summed E-state index contributed by atoms with van der Waals surface area (Å²) in [4.78, 5) is 28.6. The molecule has 3 aromatic carbocycles. The third-order valence-corrected chi connectivity index (χ3v) is 7.62. The number of benzene rings is 3. The molecule has 0 fully saturated rings. The number of rotatable bonds is 18. The van der Waals surface area contributed by atoms with E-state index in [1.807, 2.05) is 32.9 Å². The topological polar surface area (TPSA) is 84.7 Å². The molecule has 2 atom stereocenters. The maximum absolute atomic E-state index is 13.9. The number of hydrogen-bond donors (Lipinski definition) is 2. The molecule has 1 amide bonds. The highest BCUT2D eigenvalue weighted by Crippen LogP contribution is 2.18. The Bertz CT molecular complexity index is 1430. The molecule has 0 saturated carbocycles. The zero-order valence-electron chi connectivity index (χ0n) is 27.7. The van der Waals surface area contributed by atoms with Crippen LogP contribution in [0.2, 0.25) is 0 Å². The first-order valence-corrected chi connectivity index (χ1v) is 16.4. The number of amides is 1. The Labute approximate surface area is 273 Å². The van der Waals surface area contributed by atoms with Gasteiger partial charge in [-0.3, -0.25) is 4.79 Å². The van der Waals surface area contributed by atoms with Gasteiger partial charge in [0.2, 0.25) is 0 Å². The van der Waals surface area contributed by atoms with Gasteiger partial charge in [0, 0.05) is 43.9 Å². The Hall–Kier alpha value is -3.88. The van der Waals surface area contributed by atoms with Crippen LogP contribution in [0, 0.1) is 18.6 Å². The summed E-state index contributed by atoms with van der Waals surface area (Å²) in [5, 5.41) is 3.35. The van der Waals surface area contributed by atoms with Gasteiger partial charge in [0.05, 0.1) is 5.56 Å². The second kappa shape index (κ2) is 18.9. The monoisotopic (exact) mass is 633 g/mol. The molecular weight excluding hydrogens is 584 g/mol. The highest BCUT2D eigenvalue weighted by atomic mass is 19.1. The third-order valence-electron chi connectivity index (χ3n) is 7.62. The van der Waals surface area contributed by atoms with E-state index in [-0.39, 0.29) is 24.4 Å². The van der Waals surface area contributed by atoms with Crippen LogP contribution in [0.5, 0.6) is 0 Å². The van der Waals surface area contributed by atoms with Crippen LogP contribution in [0.3, 0.4) is 0 Å². The number of esters is 1. The predicted molar refractivity (Wildman–Crippen MR) is 182 cm³/mol. The van der Waals surface area contributed by atoms with Gasteiger partial charge in [-0.1, -0.05) is 70.0 Å². The quantitative estimate of drug-likeness (QED) is 0.111. The molecule has 0 aliphatic carbocycles. The molecule has 3 N–H and O–H groups in total. The molecule has 6 nitrogen and oxygen atoms in total. The Morgan fingerprint density at radius 1 is 0.913 bits per heavy atom. The highest BCUT2D eigenvalue weighted by molar-refractivity contribution is 5.98. The maximum atomic E-state index is 13.9. The van der Waals surface area contributed by atoms with Gasteiger partial charge in [-0.15, -0.1) is 0 Å². The Morgan fingerprint density at radius 3 is 2.28 bits per heavy atom. The molecule has 46 heavy (non-hydrogen) atoms. The molecule has 0 aromatic heterocycles. The normalized spacial score (nSPS) is 12.7. The van der Waals surface area contributed by atoms with Gasteiger partial charge in [0.25, 0.3) is 5.91 Å². The fraction of sp³-hybridized carbons (Fsp3) is 0.421. The SMILES string of the molecule is CCCCC=Cc1cccc(CNCC(OC(=O)c2cc(C)cc(C(=O)N(CCC)CCC)c2)C(N)Cc2cc(F)cc(F)c2)c1. The molecule has 0 radical (unpaired) electrons. The van der Waals surface area contributed by atoms with Gasteiger partial charge in [-0.2, -0.15) is 0 Å². The Balaban J connectivity index is 1.79. The van der Waals surface area contributed by atoms with Gasteiger partial charge in [0.15, 0.2) is 0 Å². The zero-order chi connectivity index (χ0) is 33.5. The second-order valence-electron chi connectivity index (χ2n) is 11.9. The molecule has 3 rings (SSSR count). The van der Waals surface area contributed by atoms with Gasteiger partial charge >= 0.3 is 5.97 Å². The number of nitrogens with one attached hydrogen (secondary N) is 1. The first kappa shape index (κ1) is 36.6. The lowest BCUT2D eigenvalue weighted by molar-refractivity contribution is 0.0238. The minimum atomic E-state index is -0.827. The van der Waals surface area contributed by atoms with Crippen LogP contribution in [0.4, 0.5) is 8.78 Å². The van der Waals surface area contributed by atoms with Crippen LogP contribution in [0.25, 0.3) is 6.08 Å². The van der Waals surface area contributed by atoms with Gasteiger partial charge < -0.3 is 20.7 Å². The van der Waals surface area contributed by atoms with E-state index in [1.54, 1.807) is 23.1 Å². The van der Waals surface area contributed by atoms with E-state index in [9.17, 15) is 18.4 Å². The number of ether oxygens (including phenoxy) is 1. The molecule has 248 valence electrons. The molecule has 0 spiro atoms. The van der Waals surface area contributed by atoms with Crippen molar-refractivity contribution in [2.75, 3.05) is 19.6 Å². The van der Waals surface area contributed by atoms with Crippen molar-refractivity contribution in [2.45, 2.75) is 84.9 Å². The Kier molecular flexibility index (Phi) is 15.1. The lowest BCUT2D eigenvalue weighted by Crippen LogP contribution is -2.46. The van der Waals surface area contributed by atoms with Gasteiger partial charge in [-0.05, 0) is 85.2 Å². The minimum Gasteiger partial charge on any atom is -0.456 e.